The van der Waals surface area contributed by atoms with E-state index >= 15 is 0 Å². The number of likely N-dealkylation sites (N-methyl/N-ethyl adjacent to an activating group) is 1. The zero-order valence-corrected chi connectivity index (χ0v) is 13.2. The molecule has 0 saturated carbocycles. The fraction of sp³-hybridized carbons (Fsp3) is 0.222. The summed E-state index contributed by atoms with van der Waals surface area (Å²) >= 11 is 6.14. The van der Waals surface area contributed by atoms with Gasteiger partial charge in [0, 0.05) is 23.6 Å². The summed E-state index contributed by atoms with van der Waals surface area (Å²) in [5, 5.41) is 0.515. The number of amides is 1. The maximum Gasteiger partial charge on any atom is 0.308 e. The van der Waals surface area contributed by atoms with Gasteiger partial charge in [-0.15, -0.1) is 0 Å². The van der Waals surface area contributed by atoms with Crippen molar-refractivity contribution in [3.63, 3.8) is 0 Å². The quantitative estimate of drug-likeness (QED) is 0.755. The maximum absolute atomic E-state index is 13.0. The molecule has 2 heterocycles. The molecule has 0 bridgehead atoms. The number of hydrogen-bond donors (Lipinski definition) is 0. The molecule has 0 aliphatic carbocycles. The molecule has 1 saturated heterocycles. The third kappa shape index (κ3) is 1.85. The Hall–Kier alpha value is -2.33. The first-order valence-electron chi connectivity index (χ1n) is 7.39. The summed E-state index contributed by atoms with van der Waals surface area (Å²) in [6, 6.07) is 14.8. The Morgan fingerprint density at radius 1 is 1.17 bits per heavy atom. The second-order valence-corrected chi connectivity index (χ2v) is 6.34. The lowest BCUT2D eigenvalue weighted by atomic mass is 9.78. The highest BCUT2D eigenvalue weighted by atomic mass is 35.5. The van der Waals surface area contributed by atoms with Crippen LogP contribution in [0.4, 0.5) is 5.69 Å². The molecule has 0 unspecified atom stereocenters. The van der Waals surface area contributed by atoms with Crippen LogP contribution in [0.3, 0.4) is 0 Å². The van der Waals surface area contributed by atoms with Crippen LogP contribution in [-0.4, -0.2) is 18.9 Å². The first-order valence-corrected chi connectivity index (χ1v) is 7.77. The number of halogens is 1. The van der Waals surface area contributed by atoms with E-state index in [1.165, 1.54) is 0 Å². The number of fused-ring (bicyclic) bond motifs is 2. The predicted octanol–water partition coefficient (Wildman–Crippen LogP) is 3.24. The fourth-order valence-corrected chi connectivity index (χ4v) is 3.82. The van der Waals surface area contributed by atoms with Crippen LogP contribution in [0.1, 0.15) is 23.5 Å². The van der Waals surface area contributed by atoms with Crippen LogP contribution < -0.4 is 4.90 Å². The molecule has 1 spiro atoms. The molecule has 2 aliphatic rings. The van der Waals surface area contributed by atoms with Crippen molar-refractivity contribution in [1.29, 1.82) is 0 Å². The van der Waals surface area contributed by atoms with Crippen molar-refractivity contribution >= 4 is 29.2 Å². The number of benzene rings is 2. The number of rotatable bonds is 1. The smallest absolute Gasteiger partial charge is 0.308 e. The normalized spacial score (nSPS) is 25.8. The molecular formula is C18H14ClNO3. The molecule has 0 N–H and O–H groups in total. The average molecular weight is 328 g/mol. The van der Waals surface area contributed by atoms with E-state index in [0.29, 0.717) is 10.6 Å². The Morgan fingerprint density at radius 3 is 2.65 bits per heavy atom. The van der Waals surface area contributed by atoms with Crippen LogP contribution in [0.15, 0.2) is 48.5 Å². The lowest BCUT2D eigenvalue weighted by Gasteiger charge is -2.28. The van der Waals surface area contributed by atoms with E-state index in [4.69, 9.17) is 16.3 Å². The van der Waals surface area contributed by atoms with Crippen molar-refractivity contribution < 1.29 is 14.3 Å². The van der Waals surface area contributed by atoms with Crippen molar-refractivity contribution in [3.05, 3.63) is 64.7 Å². The van der Waals surface area contributed by atoms with Crippen LogP contribution in [0, 0.1) is 0 Å². The number of esters is 1. The van der Waals surface area contributed by atoms with E-state index < -0.39 is 5.60 Å². The number of ether oxygens (including phenoxy) is 1. The molecule has 2 aliphatic heterocycles. The van der Waals surface area contributed by atoms with E-state index in [9.17, 15) is 9.59 Å². The van der Waals surface area contributed by atoms with Gasteiger partial charge in [0.2, 0.25) is 5.60 Å². The van der Waals surface area contributed by atoms with Gasteiger partial charge >= 0.3 is 5.97 Å². The lowest BCUT2D eigenvalue weighted by Crippen LogP contribution is -2.42. The number of hydrogen-bond acceptors (Lipinski definition) is 3. The van der Waals surface area contributed by atoms with E-state index in [1.807, 2.05) is 30.3 Å². The first-order chi connectivity index (χ1) is 11.0. The summed E-state index contributed by atoms with van der Waals surface area (Å²) in [7, 11) is 1.69. The molecule has 2 aromatic rings. The molecule has 4 nitrogen and oxygen atoms in total. The summed E-state index contributed by atoms with van der Waals surface area (Å²) < 4.78 is 5.65. The standard InChI is InChI=1S/C18H14ClNO3/c1-20-15-8-7-12(19)9-14(15)18(17(20)22)13(10-16(21)23-18)11-5-3-2-4-6-11/h2-9,13H,10H2,1H3/t13-,18+/m0/s1. The van der Waals surface area contributed by atoms with Gasteiger partial charge in [-0.2, -0.15) is 0 Å². The van der Waals surface area contributed by atoms with Crippen molar-refractivity contribution in [2.75, 3.05) is 11.9 Å². The van der Waals surface area contributed by atoms with Crippen LogP contribution >= 0.6 is 11.6 Å². The zero-order chi connectivity index (χ0) is 16.2. The van der Waals surface area contributed by atoms with Crippen molar-refractivity contribution in [1.82, 2.24) is 0 Å². The molecule has 0 aromatic heterocycles. The van der Waals surface area contributed by atoms with Gasteiger partial charge in [0.05, 0.1) is 12.1 Å². The molecular weight excluding hydrogens is 314 g/mol. The van der Waals surface area contributed by atoms with Crippen LogP contribution in [0.5, 0.6) is 0 Å². The lowest BCUT2D eigenvalue weighted by molar-refractivity contribution is -0.157. The van der Waals surface area contributed by atoms with E-state index in [2.05, 4.69) is 0 Å². The molecule has 4 rings (SSSR count). The Labute approximate surface area is 138 Å². The molecule has 116 valence electrons. The first kappa shape index (κ1) is 14.3. The molecule has 1 fully saturated rings. The molecule has 2 atom stereocenters. The highest BCUT2D eigenvalue weighted by Gasteiger charge is 2.62. The van der Waals surface area contributed by atoms with Gasteiger partial charge in [-0.3, -0.25) is 9.59 Å². The highest BCUT2D eigenvalue weighted by molar-refractivity contribution is 6.31. The number of carbonyl (C=O) groups is 2. The van der Waals surface area contributed by atoms with Crippen LogP contribution in [0.2, 0.25) is 5.02 Å². The number of anilines is 1. The van der Waals surface area contributed by atoms with Gasteiger partial charge in [-0.05, 0) is 23.8 Å². The van der Waals surface area contributed by atoms with Crippen LogP contribution in [-0.2, 0) is 19.9 Å². The SMILES string of the molecule is CN1C(=O)[C@]2(OC(=O)C[C@H]2c2ccccc2)c2cc(Cl)ccc21. The fourth-order valence-electron chi connectivity index (χ4n) is 3.65. The molecule has 5 heteroatoms. The average Bonchev–Trinajstić information content (AvgIpc) is 3.01. The van der Waals surface area contributed by atoms with Gasteiger partial charge in [0.15, 0.2) is 0 Å². The van der Waals surface area contributed by atoms with Crippen LogP contribution in [0.25, 0.3) is 0 Å². The van der Waals surface area contributed by atoms with Gasteiger partial charge in [0.1, 0.15) is 0 Å². The monoisotopic (exact) mass is 327 g/mol. The predicted molar refractivity (Wildman–Crippen MR) is 86.4 cm³/mol. The summed E-state index contributed by atoms with van der Waals surface area (Å²) in [6.45, 7) is 0. The molecule has 1 amide bonds. The Balaban J connectivity index is 1.97. The highest BCUT2D eigenvalue weighted by Crippen LogP contribution is 2.55. The Morgan fingerprint density at radius 2 is 1.91 bits per heavy atom. The largest absolute Gasteiger partial charge is 0.443 e. The number of nitrogens with zero attached hydrogens (tertiary/aromatic N) is 1. The molecule has 2 aromatic carbocycles. The van der Waals surface area contributed by atoms with E-state index in [-0.39, 0.29) is 24.2 Å². The van der Waals surface area contributed by atoms with Gasteiger partial charge in [-0.25, -0.2) is 0 Å². The molecule has 23 heavy (non-hydrogen) atoms. The van der Waals surface area contributed by atoms with Crippen molar-refractivity contribution in [2.45, 2.75) is 17.9 Å². The van der Waals surface area contributed by atoms with E-state index in [1.54, 1.807) is 30.1 Å². The number of carbonyl (C=O) groups excluding carboxylic acids is 2. The van der Waals surface area contributed by atoms with Crippen molar-refractivity contribution in [2.24, 2.45) is 0 Å². The second-order valence-electron chi connectivity index (χ2n) is 5.90. The summed E-state index contributed by atoms with van der Waals surface area (Å²) in [5.41, 5.74) is 0.994. The minimum atomic E-state index is -1.31. The topological polar surface area (TPSA) is 46.6 Å². The van der Waals surface area contributed by atoms with Gasteiger partial charge < -0.3 is 9.64 Å². The Kier molecular flexibility index (Phi) is 3.00. The second kappa shape index (κ2) is 4.83. The van der Waals surface area contributed by atoms with Gasteiger partial charge in [0.25, 0.3) is 5.91 Å². The van der Waals surface area contributed by atoms with E-state index in [0.717, 1.165) is 11.3 Å². The molecule has 0 radical (unpaired) electrons. The minimum absolute atomic E-state index is 0.176. The van der Waals surface area contributed by atoms with Crippen molar-refractivity contribution in [3.8, 4) is 0 Å². The summed E-state index contributed by atoms with van der Waals surface area (Å²) in [4.78, 5) is 26.7. The maximum atomic E-state index is 13.0. The zero-order valence-electron chi connectivity index (χ0n) is 12.5. The summed E-state index contributed by atoms with van der Waals surface area (Å²) in [6.07, 6.45) is 0.176. The summed E-state index contributed by atoms with van der Waals surface area (Å²) in [5.74, 6) is -0.950. The van der Waals surface area contributed by atoms with Gasteiger partial charge in [-0.1, -0.05) is 41.9 Å². The third-order valence-corrected chi connectivity index (χ3v) is 4.92. The minimum Gasteiger partial charge on any atom is -0.443 e. The third-order valence-electron chi connectivity index (χ3n) is 4.68. The Bertz CT molecular complexity index is 820.